The van der Waals surface area contributed by atoms with Crippen molar-refractivity contribution in [1.29, 1.82) is 0 Å². The van der Waals surface area contributed by atoms with E-state index < -0.39 is 12.3 Å². The fourth-order valence-electron chi connectivity index (χ4n) is 3.82. The van der Waals surface area contributed by atoms with Crippen LogP contribution in [0.2, 0.25) is 0 Å². The third-order valence-corrected chi connectivity index (χ3v) is 5.48. The summed E-state index contributed by atoms with van der Waals surface area (Å²) in [5.74, 6) is 0.511. The molecule has 0 N–H and O–H groups in total. The molecule has 32 heavy (non-hydrogen) atoms. The molecule has 0 saturated carbocycles. The number of benzene rings is 3. The van der Waals surface area contributed by atoms with E-state index in [-0.39, 0.29) is 6.61 Å². The van der Waals surface area contributed by atoms with Gasteiger partial charge in [0.1, 0.15) is 11.5 Å². The van der Waals surface area contributed by atoms with Crippen LogP contribution in [-0.2, 0) is 9.53 Å². The number of hydrogen-bond donors (Lipinski definition) is 0. The predicted molar refractivity (Wildman–Crippen MR) is 126 cm³/mol. The quantitative estimate of drug-likeness (QED) is 0.339. The smallest absolute Gasteiger partial charge is 0.389 e. The SMILES string of the molecule is CCOC(=O)C(Oc1ccccc1)Oc1ccc(-c2ccc(N3CCCCC3)cc2)cc1. The number of para-hydroxylation sites is 1. The van der Waals surface area contributed by atoms with Crippen molar-refractivity contribution in [3.8, 4) is 22.6 Å². The van der Waals surface area contributed by atoms with Crippen LogP contribution in [0.1, 0.15) is 26.2 Å². The van der Waals surface area contributed by atoms with Gasteiger partial charge in [-0.2, -0.15) is 0 Å². The zero-order valence-electron chi connectivity index (χ0n) is 18.4. The second kappa shape index (κ2) is 10.7. The Morgan fingerprint density at radius 3 is 1.94 bits per heavy atom. The first kappa shape index (κ1) is 21.8. The molecule has 1 fully saturated rings. The molecule has 0 aromatic heterocycles. The standard InChI is InChI=1S/C27H29NO4/c1-2-30-26(29)27(31-24-9-5-3-6-10-24)32-25-17-13-22(14-18-25)21-11-15-23(16-12-21)28-19-7-4-8-20-28/h3,5-6,9-18,27H,2,4,7-8,19-20H2,1H3. The molecule has 4 rings (SSSR count). The zero-order chi connectivity index (χ0) is 22.2. The molecule has 0 bridgehead atoms. The Morgan fingerprint density at radius 1 is 0.781 bits per heavy atom. The van der Waals surface area contributed by atoms with Gasteiger partial charge < -0.3 is 19.1 Å². The summed E-state index contributed by atoms with van der Waals surface area (Å²) in [6, 6.07) is 25.4. The van der Waals surface area contributed by atoms with Gasteiger partial charge in [-0.3, -0.25) is 0 Å². The summed E-state index contributed by atoms with van der Waals surface area (Å²) in [5.41, 5.74) is 3.50. The highest BCUT2D eigenvalue weighted by Crippen LogP contribution is 2.27. The van der Waals surface area contributed by atoms with Crippen LogP contribution in [-0.4, -0.2) is 32.0 Å². The summed E-state index contributed by atoms with van der Waals surface area (Å²) in [6.45, 7) is 4.28. The number of carbonyl (C=O) groups excluding carboxylic acids is 1. The highest BCUT2D eigenvalue weighted by molar-refractivity contribution is 5.74. The maximum atomic E-state index is 12.3. The predicted octanol–water partition coefficient (Wildman–Crippen LogP) is 5.69. The van der Waals surface area contributed by atoms with Gasteiger partial charge in [0, 0.05) is 18.8 Å². The topological polar surface area (TPSA) is 48.0 Å². The average molecular weight is 432 g/mol. The molecule has 1 aliphatic heterocycles. The number of esters is 1. The third-order valence-electron chi connectivity index (χ3n) is 5.48. The molecule has 1 saturated heterocycles. The molecule has 0 radical (unpaired) electrons. The van der Waals surface area contributed by atoms with Crippen LogP contribution in [0.15, 0.2) is 78.9 Å². The molecule has 0 aliphatic carbocycles. The van der Waals surface area contributed by atoms with Crippen molar-refractivity contribution in [3.05, 3.63) is 78.9 Å². The zero-order valence-corrected chi connectivity index (χ0v) is 18.4. The van der Waals surface area contributed by atoms with Crippen molar-refractivity contribution in [1.82, 2.24) is 0 Å². The van der Waals surface area contributed by atoms with Gasteiger partial charge in [-0.25, -0.2) is 4.79 Å². The van der Waals surface area contributed by atoms with E-state index in [2.05, 4.69) is 29.2 Å². The number of carbonyl (C=O) groups is 1. The van der Waals surface area contributed by atoms with Crippen LogP contribution < -0.4 is 14.4 Å². The average Bonchev–Trinajstić information content (AvgIpc) is 2.85. The summed E-state index contributed by atoms with van der Waals surface area (Å²) in [5, 5.41) is 0. The van der Waals surface area contributed by atoms with E-state index in [9.17, 15) is 4.79 Å². The van der Waals surface area contributed by atoms with Crippen molar-refractivity contribution in [2.24, 2.45) is 0 Å². The first-order valence-electron chi connectivity index (χ1n) is 11.2. The summed E-state index contributed by atoms with van der Waals surface area (Å²) < 4.78 is 16.6. The minimum atomic E-state index is -1.17. The molecule has 3 aromatic carbocycles. The Hall–Kier alpha value is -3.47. The van der Waals surface area contributed by atoms with Gasteiger partial charge in [0.15, 0.2) is 0 Å². The second-order valence-electron chi connectivity index (χ2n) is 7.75. The van der Waals surface area contributed by atoms with Crippen molar-refractivity contribution in [3.63, 3.8) is 0 Å². The van der Waals surface area contributed by atoms with Gasteiger partial charge in [-0.1, -0.05) is 42.5 Å². The van der Waals surface area contributed by atoms with Crippen molar-refractivity contribution >= 4 is 11.7 Å². The highest BCUT2D eigenvalue weighted by Gasteiger charge is 2.24. The van der Waals surface area contributed by atoms with Crippen molar-refractivity contribution < 1.29 is 19.0 Å². The van der Waals surface area contributed by atoms with E-state index in [1.807, 2.05) is 42.5 Å². The number of rotatable bonds is 8. The molecule has 1 unspecified atom stereocenters. The van der Waals surface area contributed by atoms with Crippen LogP contribution in [0.3, 0.4) is 0 Å². The molecule has 166 valence electrons. The third kappa shape index (κ3) is 5.61. The van der Waals surface area contributed by atoms with Crippen LogP contribution in [0.5, 0.6) is 11.5 Å². The lowest BCUT2D eigenvalue weighted by molar-refractivity contribution is -0.165. The molecule has 0 spiro atoms. The van der Waals surface area contributed by atoms with Gasteiger partial charge >= 0.3 is 12.3 Å². The lowest BCUT2D eigenvalue weighted by atomic mass is 10.0. The highest BCUT2D eigenvalue weighted by atomic mass is 16.7. The minimum absolute atomic E-state index is 0.253. The van der Waals surface area contributed by atoms with Gasteiger partial charge in [0.05, 0.1) is 6.61 Å². The lowest BCUT2D eigenvalue weighted by Gasteiger charge is -2.28. The maximum Gasteiger partial charge on any atom is 0.389 e. The Balaban J connectivity index is 1.43. The summed E-state index contributed by atoms with van der Waals surface area (Å²) in [7, 11) is 0. The first-order chi connectivity index (χ1) is 15.7. The van der Waals surface area contributed by atoms with Crippen LogP contribution in [0, 0.1) is 0 Å². The fourth-order valence-corrected chi connectivity index (χ4v) is 3.82. The molecule has 1 aliphatic rings. The fraction of sp³-hybridized carbons (Fsp3) is 0.296. The molecule has 0 amide bonds. The van der Waals surface area contributed by atoms with E-state index in [0.717, 1.165) is 24.2 Å². The number of hydrogen-bond acceptors (Lipinski definition) is 5. The van der Waals surface area contributed by atoms with E-state index >= 15 is 0 Å². The van der Waals surface area contributed by atoms with E-state index in [4.69, 9.17) is 14.2 Å². The van der Waals surface area contributed by atoms with E-state index in [0.29, 0.717) is 11.5 Å². The van der Waals surface area contributed by atoms with Gasteiger partial charge in [0.25, 0.3) is 0 Å². The monoisotopic (exact) mass is 431 g/mol. The molecular formula is C27H29NO4. The summed E-state index contributed by atoms with van der Waals surface area (Å²) in [4.78, 5) is 14.8. The van der Waals surface area contributed by atoms with Crippen molar-refractivity contribution in [2.45, 2.75) is 32.5 Å². The summed E-state index contributed by atoms with van der Waals surface area (Å²) >= 11 is 0. The normalized spacial score (nSPS) is 14.5. The largest absolute Gasteiger partial charge is 0.460 e. The molecule has 5 nitrogen and oxygen atoms in total. The Bertz CT molecular complexity index is 980. The molecule has 1 atom stereocenters. The molecule has 5 heteroatoms. The van der Waals surface area contributed by atoms with Crippen LogP contribution in [0.25, 0.3) is 11.1 Å². The number of piperidine rings is 1. The molecule has 3 aromatic rings. The molecule has 1 heterocycles. The van der Waals surface area contributed by atoms with Crippen LogP contribution in [0.4, 0.5) is 5.69 Å². The van der Waals surface area contributed by atoms with Gasteiger partial charge in [-0.05, 0) is 73.7 Å². The van der Waals surface area contributed by atoms with E-state index in [1.54, 1.807) is 19.1 Å². The van der Waals surface area contributed by atoms with Gasteiger partial charge in [0.2, 0.25) is 0 Å². The minimum Gasteiger partial charge on any atom is -0.460 e. The van der Waals surface area contributed by atoms with Gasteiger partial charge in [-0.15, -0.1) is 0 Å². The number of nitrogens with zero attached hydrogens (tertiary/aromatic N) is 1. The van der Waals surface area contributed by atoms with Crippen LogP contribution >= 0.6 is 0 Å². The lowest BCUT2D eigenvalue weighted by Crippen LogP contribution is -2.35. The first-order valence-corrected chi connectivity index (χ1v) is 11.2. The summed E-state index contributed by atoms with van der Waals surface area (Å²) in [6.07, 6.45) is 2.69. The Kier molecular flexibility index (Phi) is 7.28. The van der Waals surface area contributed by atoms with E-state index in [1.165, 1.54) is 24.9 Å². The number of anilines is 1. The molecular weight excluding hydrogens is 402 g/mol. The number of ether oxygens (including phenoxy) is 3. The Labute approximate surface area is 189 Å². The Morgan fingerprint density at radius 2 is 1.34 bits per heavy atom. The maximum absolute atomic E-state index is 12.3. The second-order valence-corrected chi connectivity index (χ2v) is 7.75. The van der Waals surface area contributed by atoms with Crippen molar-refractivity contribution in [2.75, 3.05) is 24.6 Å².